The molecule has 16 heavy (non-hydrogen) atoms. The standard InChI is InChI=1S/C10H20N4O2/c1-2-3-4-5-6-9(10(15)16)12-7-8-13-14-11/h9,12H,2-8H2,1H3,(H,15,16). The molecule has 0 saturated carbocycles. The van der Waals surface area contributed by atoms with Gasteiger partial charge in [0, 0.05) is 18.0 Å². The number of hydrogen-bond acceptors (Lipinski definition) is 3. The molecular formula is C10H20N4O2. The first kappa shape index (κ1) is 14.7. The Kier molecular flexibility index (Phi) is 9.46. The van der Waals surface area contributed by atoms with Gasteiger partial charge in [-0.1, -0.05) is 37.7 Å². The molecule has 0 fully saturated rings. The highest BCUT2D eigenvalue weighted by molar-refractivity contribution is 5.73. The summed E-state index contributed by atoms with van der Waals surface area (Å²) in [7, 11) is 0. The Bertz CT molecular complexity index is 239. The number of nitrogens with one attached hydrogen (secondary N) is 1. The van der Waals surface area contributed by atoms with Crippen LogP contribution in [0.15, 0.2) is 5.11 Å². The minimum Gasteiger partial charge on any atom is -0.480 e. The van der Waals surface area contributed by atoms with E-state index >= 15 is 0 Å². The molecule has 0 aromatic carbocycles. The van der Waals surface area contributed by atoms with Crippen molar-refractivity contribution >= 4 is 5.97 Å². The maximum absolute atomic E-state index is 10.9. The van der Waals surface area contributed by atoms with Crippen LogP contribution in [0.2, 0.25) is 0 Å². The predicted molar refractivity (Wildman–Crippen MR) is 62.2 cm³/mol. The van der Waals surface area contributed by atoms with Gasteiger partial charge in [-0.3, -0.25) is 4.79 Å². The van der Waals surface area contributed by atoms with E-state index in [0.717, 1.165) is 25.7 Å². The van der Waals surface area contributed by atoms with E-state index in [1.165, 1.54) is 0 Å². The lowest BCUT2D eigenvalue weighted by atomic mass is 10.1. The fraction of sp³-hybridized carbons (Fsp3) is 0.900. The second-order valence-corrected chi connectivity index (χ2v) is 3.65. The van der Waals surface area contributed by atoms with E-state index in [0.29, 0.717) is 13.0 Å². The van der Waals surface area contributed by atoms with Gasteiger partial charge in [-0.25, -0.2) is 0 Å². The van der Waals surface area contributed by atoms with Gasteiger partial charge in [0.15, 0.2) is 0 Å². The van der Waals surface area contributed by atoms with Crippen LogP contribution in [-0.4, -0.2) is 30.2 Å². The molecule has 0 aliphatic heterocycles. The average molecular weight is 228 g/mol. The second-order valence-electron chi connectivity index (χ2n) is 3.65. The van der Waals surface area contributed by atoms with Gasteiger partial charge in [0.1, 0.15) is 6.04 Å². The van der Waals surface area contributed by atoms with E-state index in [4.69, 9.17) is 10.6 Å². The quantitative estimate of drug-likeness (QED) is 0.260. The zero-order valence-corrected chi connectivity index (χ0v) is 9.72. The largest absolute Gasteiger partial charge is 0.480 e. The third-order valence-corrected chi connectivity index (χ3v) is 2.31. The number of azide groups is 1. The molecular weight excluding hydrogens is 208 g/mol. The average Bonchev–Trinajstić information content (AvgIpc) is 2.26. The number of hydrogen-bond donors (Lipinski definition) is 2. The fourth-order valence-electron chi connectivity index (χ4n) is 1.42. The van der Waals surface area contributed by atoms with Gasteiger partial charge in [0.25, 0.3) is 0 Å². The SMILES string of the molecule is CCCCCCC(NCCN=[N+]=[N-])C(=O)O. The maximum Gasteiger partial charge on any atom is 0.320 e. The molecule has 1 unspecified atom stereocenters. The molecule has 0 bridgehead atoms. The molecule has 0 aromatic heterocycles. The van der Waals surface area contributed by atoms with Crippen molar-refractivity contribution in [3.63, 3.8) is 0 Å². The van der Waals surface area contributed by atoms with Gasteiger partial charge >= 0.3 is 5.97 Å². The molecule has 0 heterocycles. The van der Waals surface area contributed by atoms with Crippen LogP contribution in [0.5, 0.6) is 0 Å². The molecule has 6 nitrogen and oxygen atoms in total. The summed E-state index contributed by atoms with van der Waals surface area (Å²) in [4.78, 5) is 13.5. The number of nitrogens with zero attached hydrogens (tertiary/aromatic N) is 3. The summed E-state index contributed by atoms with van der Waals surface area (Å²) >= 11 is 0. The Morgan fingerprint density at radius 3 is 2.81 bits per heavy atom. The third-order valence-electron chi connectivity index (χ3n) is 2.31. The molecule has 6 heteroatoms. The van der Waals surface area contributed by atoms with E-state index in [-0.39, 0.29) is 6.54 Å². The smallest absolute Gasteiger partial charge is 0.320 e. The number of carboxylic acids is 1. The molecule has 92 valence electrons. The van der Waals surface area contributed by atoms with Crippen molar-refractivity contribution in [2.75, 3.05) is 13.1 Å². The van der Waals surface area contributed by atoms with E-state index in [1.54, 1.807) is 0 Å². The summed E-state index contributed by atoms with van der Waals surface area (Å²) in [6, 6.07) is -0.522. The second kappa shape index (κ2) is 10.3. The van der Waals surface area contributed by atoms with Crippen LogP contribution in [0.3, 0.4) is 0 Å². The first-order chi connectivity index (χ1) is 7.72. The summed E-state index contributed by atoms with van der Waals surface area (Å²) < 4.78 is 0. The molecule has 0 rings (SSSR count). The summed E-state index contributed by atoms with van der Waals surface area (Å²) in [5.41, 5.74) is 8.06. The van der Waals surface area contributed by atoms with Crippen LogP contribution >= 0.6 is 0 Å². The van der Waals surface area contributed by atoms with Crippen molar-refractivity contribution in [3.05, 3.63) is 10.4 Å². The van der Waals surface area contributed by atoms with Crippen LogP contribution in [-0.2, 0) is 4.79 Å². The molecule has 0 amide bonds. The van der Waals surface area contributed by atoms with Crippen LogP contribution in [0.1, 0.15) is 39.0 Å². The Labute approximate surface area is 95.7 Å². The van der Waals surface area contributed by atoms with Crippen molar-refractivity contribution in [2.45, 2.75) is 45.1 Å². The van der Waals surface area contributed by atoms with Crippen molar-refractivity contribution < 1.29 is 9.90 Å². The lowest BCUT2D eigenvalue weighted by Crippen LogP contribution is -2.37. The highest BCUT2D eigenvalue weighted by Crippen LogP contribution is 2.05. The van der Waals surface area contributed by atoms with Gasteiger partial charge < -0.3 is 10.4 Å². The molecule has 0 radical (unpaired) electrons. The van der Waals surface area contributed by atoms with Crippen LogP contribution in [0, 0.1) is 0 Å². The van der Waals surface area contributed by atoms with Crippen LogP contribution < -0.4 is 5.32 Å². The molecule has 0 aliphatic rings. The topological polar surface area (TPSA) is 98.1 Å². The molecule has 2 N–H and O–H groups in total. The number of rotatable bonds is 10. The van der Waals surface area contributed by atoms with Gasteiger partial charge in [-0.05, 0) is 12.0 Å². The van der Waals surface area contributed by atoms with Gasteiger partial charge in [0.05, 0.1) is 0 Å². The Balaban J connectivity index is 3.70. The predicted octanol–water partition coefficient (Wildman–Crippen LogP) is 2.31. The highest BCUT2D eigenvalue weighted by atomic mass is 16.4. The van der Waals surface area contributed by atoms with Gasteiger partial charge in [-0.2, -0.15) is 0 Å². The number of carboxylic acid groups (broad SMARTS) is 1. The van der Waals surface area contributed by atoms with Crippen molar-refractivity contribution in [1.82, 2.24) is 5.32 Å². The van der Waals surface area contributed by atoms with Gasteiger partial charge in [-0.15, -0.1) is 0 Å². The van der Waals surface area contributed by atoms with E-state index < -0.39 is 12.0 Å². The Hall–Kier alpha value is -1.26. The van der Waals surface area contributed by atoms with Crippen LogP contribution in [0.4, 0.5) is 0 Å². The van der Waals surface area contributed by atoms with Crippen molar-refractivity contribution in [2.24, 2.45) is 5.11 Å². The zero-order valence-electron chi connectivity index (χ0n) is 9.72. The molecule has 0 aromatic rings. The van der Waals surface area contributed by atoms with Crippen molar-refractivity contribution in [1.29, 1.82) is 0 Å². The third kappa shape index (κ3) is 8.08. The normalized spacial score (nSPS) is 11.8. The number of carbonyl (C=O) groups is 1. The lowest BCUT2D eigenvalue weighted by molar-refractivity contribution is -0.139. The highest BCUT2D eigenvalue weighted by Gasteiger charge is 2.15. The first-order valence-corrected chi connectivity index (χ1v) is 5.69. The minimum atomic E-state index is -0.836. The Morgan fingerprint density at radius 2 is 2.25 bits per heavy atom. The summed E-state index contributed by atoms with van der Waals surface area (Å²) in [5, 5.41) is 15.1. The monoisotopic (exact) mass is 228 g/mol. The summed E-state index contributed by atoms with van der Waals surface area (Å²) in [6.07, 6.45) is 4.90. The van der Waals surface area contributed by atoms with Crippen LogP contribution in [0.25, 0.3) is 10.4 Å². The number of unbranched alkanes of at least 4 members (excludes halogenated alkanes) is 3. The zero-order chi connectivity index (χ0) is 12.2. The first-order valence-electron chi connectivity index (χ1n) is 5.69. The summed E-state index contributed by atoms with van der Waals surface area (Å²) in [6.45, 7) is 2.82. The molecule has 0 saturated heterocycles. The lowest BCUT2D eigenvalue weighted by Gasteiger charge is -2.13. The van der Waals surface area contributed by atoms with E-state index in [9.17, 15) is 4.79 Å². The molecule has 1 atom stereocenters. The molecule has 0 aliphatic carbocycles. The van der Waals surface area contributed by atoms with E-state index in [1.807, 2.05) is 0 Å². The van der Waals surface area contributed by atoms with Crippen molar-refractivity contribution in [3.8, 4) is 0 Å². The molecule has 0 spiro atoms. The Morgan fingerprint density at radius 1 is 1.50 bits per heavy atom. The summed E-state index contributed by atoms with van der Waals surface area (Å²) in [5.74, 6) is -0.836. The van der Waals surface area contributed by atoms with E-state index in [2.05, 4.69) is 22.3 Å². The fourth-order valence-corrected chi connectivity index (χ4v) is 1.42. The van der Waals surface area contributed by atoms with Gasteiger partial charge in [0.2, 0.25) is 0 Å². The maximum atomic E-state index is 10.9. The number of aliphatic carboxylic acids is 1. The minimum absolute atomic E-state index is 0.287.